The van der Waals surface area contributed by atoms with Crippen molar-refractivity contribution in [1.29, 1.82) is 0 Å². The Bertz CT molecular complexity index is 567. The van der Waals surface area contributed by atoms with E-state index >= 15 is 0 Å². The Hall–Kier alpha value is -1.28. The van der Waals surface area contributed by atoms with Gasteiger partial charge < -0.3 is 5.32 Å². The lowest BCUT2D eigenvalue weighted by atomic mass is 9.83. The van der Waals surface area contributed by atoms with E-state index < -0.39 is 0 Å². The normalized spacial score (nSPS) is 16.9. The number of nitrogens with zero attached hydrogens (tertiary/aromatic N) is 2. The number of halogens is 1. The summed E-state index contributed by atoms with van der Waals surface area (Å²) in [6, 6.07) is 0. The Kier molecular flexibility index (Phi) is 4.87. The maximum absolute atomic E-state index is 12.0. The molecule has 1 aliphatic rings. The van der Waals surface area contributed by atoms with Crippen molar-refractivity contribution in [3.05, 3.63) is 21.0 Å². The lowest BCUT2D eigenvalue weighted by Gasteiger charge is -2.28. The Morgan fingerprint density at radius 2 is 2.25 bits per heavy atom. The van der Waals surface area contributed by atoms with Crippen LogP contribution in [0.2, 0.25) is 0 Å². The average Bonchev–Trinajstić information content (AvgIpc) is 2.93. The molecule has 1 fully saturated rings. The lowest BCUT2D eigenvalue weighted by Crippen LogP contribution is -2.28. The van der Waals surface area contributed by atoms with E-state index in [9.17, 15) is 4.79 Å². The van der Waals surface area contributed by atoms with Crippen LogP contribution < -0.4 is 10.9 Å². The van der Waals surface area contributed by atoms with Gasteiger partial charge in [-0.3, -0.25) is 4.79 Å². The summed E-state index contributed by atoms with van der Waals surface area (Å²) in [7, 11) is 0. The fourth-order valence-electron chi connectivity index (χ4n) is 2.85. The maximum Gasteiger partial charge on any atom is 0.284 e. The van der Waals surface area contributed by atoms with Crippen molar-refractivity contribution in [3.8, 4) is 12.3 Å². The van der Waals surface area contributed by atoms with Gasteiger partial charge in [0.05, 0.1) is 11.9 Å². The van der Waals surface area contributed by atoms with E-state index in [1.807, 2.05) is 0 Å². The molecular weight excluding hydrogens is 318 g/mol. The molecule has 0 saturated heterocycles. The van der Waals surface area contributed by atoms with Gasteiger partial charge in [-0.05, 0) is 40.6 Å². The van der Waals surface area contributed by atoms with Crippen molar-refractivity contribution in [2.45, 2.75) is 45.6 Å². The molecule has 4 nitrogen and oxygen atoms in total. The topological polar surface area (TPSA) is 46.9 Å². The van der Waals surface area contributed by atoms with Gasteiger partial charge in [-0.25, -0.2) is 4.68 Å². The predicted octanol–water partition coefficient (Wildman–Crippen LogP) is 3.02. The number of rotatable bonds is 5. The van der Waals surface area contributed by atoms with Crippen LogP contribution in [0.4, 0.5) is 5.69 Å². The molecule has 108 valence electrons. The van der Waals surface area contributed by atoms with E-state index in [0.717, 1.165) is 12.2 Å². The number of terminal acetylenes is 1. The summed E-state index contributed by atoms with van der Waals surface area (Å²) in [5.74, 6) is 2.42. The van der Waals surface area contributed by atoms with E-state index in [1.54, 1.807) is 6.20 Å². The van der Waals surface area contributed by atoms with Gasteiger partial charge >= 0.3 is 0 Å². The van der Waals surface area contributed by atoms with Crippen LogP contribution in [0, 0.1) is 17.8 Å². The summed E-state index contributed by atoms with van der Waals surface area (Å²) < 4.78 is 1.78. The Balaban J connectivity index is 2.13. The third kappa shape index (κ3) is 3.06. The minimum absolute atomic E-state index is 0.190. The quantitative estimate of drug-likeness (QED) is 0.840. The summed E-state index contributed by atoms with van der Waals surface area (Å²) in [4.78, 5) is 12.0. The van der Waals surface area contributed by atoms with Crippen LogP contribution in [0.25, 0.3) is 0 Å². The van der Waals surface area contributed by atoms with Gasteiger partial charge in [0.15, 0.2) is 0 Å². The fourth-order valence-corrected chi connectivity index (χ4v) is 3.30. The van der Waals surface area contributed by atoms with E-state index in [-0.39, 0.29) is 12.1 Å². The molecule has 2 rings (SSSR count). The van der Waals surface area contributed by atoms with Gasteiger partial charge in [-0.15, -0.1) is 6.42 Å². The van der Waals surface area contributed by atoms with E-state index in [2.05, 4.69) is 39.2 Å². The van der Waals surface area contributed by atoms with Crippen molar-refractivity contribution < 1.29 is 0 Å². The van der Waals surface area contributed by atoms with Crippen molar-refractivity contribution in [3.63, 3.8) is 0 Å². The standard InChI is InChI=1S/C15H20BrN3O/c1-3-9-19-14(20)13(16)12(10-18-19)17-11-15(4-2)7-5-6-8-15/h1,10,17H,4-9,11H2,2H3. The zero-order chi connectivity index (χ0) is 14.6. The first kappa shape index (κ1) is 15.1. The summed E-state index contributed by atoms with van der Waals surface area (Å²) in [6.45, 7) is 3.32. The molecule has 1 saturated carbocycles. The van der Waals surface area contributed by atoms with Gasteiger partial charge in [0.1, 0.15) is 11.0 Å². The Morgan fingerprint density at radius 3 is 2.85 bits per heavy atom. The number of nitrogens with one attached hydrogen (secondary N) is 1. The SMILES string of the molecule is C#CCn1ncc(NCC2(CC)CCCC2)c(Br)c1=O. The van der Waals surface area contributed by atoms with Crippen LogP contribution in [-0.4, -0.2) is 16.3 Å². The largest absolute Gasteiger partial charge is 0.382 e. The zero-order valence-corrected chi connectivity index (χ0v) is 13.4. The maximum atomic E-state index is 12.0. The van der Waals surface area contributed by atoms with Crippen LogP contribution >= 0.6 is 15.9 Å². The number of hydrogen-bond acceptors (Lipinski definition) is 3. The number of aromatic nitrogens is 2. The second kappa shape index (κ2) is 6.45. The highest BCUT2D eigenvalue weighted by Gasteiger charge is 2.31. The first-order chi connectivity index (χ1) is 9.62. The van der Waals surface area contributed by atoms with Crippen LogP contribution in [0.15, 0.2) is 15.5 Å². The molecule has 0 atom stereocenters. The average molecular weight is 338 g/mol. The molecule has 0 radical (unpaired) electrons. The highest BCUT2D eigenvalue weighted by atomic mass is 79.9. The summed E-state index contributed by atoms with van der Waals surface area (Å²) in [5, 5.41) is 7.47. The van der Waals surface area contributed by atoms with E-state index in [0.29, 0.717) is 9.89 Å². The third-order valence-electron chi connectivity index (χ3n) is 4.29. The monoisotopic (exact) mass is 337 g/mol. The smallest absolute Gasteiger partial charge is 0.284 e. The molecule has 0 aromatic carbocycles. The molecule has 20 heavy (non-hydrogen) atoms. The molecule has 0 aliphatic heterocycles. The Labute approximate surface area is 128 Å². The van der Waals surface area contributed by atoms with Gasteiger partial charge in [0.25, 0.3) is 5.56 Å². The molecule has 0 spiro atoms. The van der Waals surface area contributed by atoms with E-state index in [1.165, 1.54) is 36.8 Å². The molecule has 0 amide bonds. The molecule has 5 heteroatoms. The Morgan fingerprint density at radius 1 is 1.55 bits per heavy atom. The van der Waals surface area contributed by atoms with Gasteiger partial charge in [-0.2, -0.15) is 5.10 Å². The lowest BCUT2D eigenvalue weighted by molar-refractivity contribution is 0.306. The number of anilines is 1. The first-order valence-corrected chi connectivity index (χ1v) is 7.84. The minimum Gasteiger partial charge on any atom is -0.382 e. The van der Waals surface area contributed by atoms with Gasteiger partial charge in [0, 0.05) is 6.54 Å². The minimum atomic E-state index is -0.190. The van der Waals surface area contributed by atoms with Gasteiger partial charge in [-0.1, -0.05) is 25.7 Å². The van der Waals surface area contributed by atoms with Gasteiger partial charge in [0.2, 0.25) is 0 Å². The molecule has 0 bridgehead atoms. The summed E-state index contributed by atoms with van der Waals surface area (Å²) >= 11 is 3.35. The first-order valence-electron chi connectivity index (χ1n) is 7.05. The second-order valence-electron chi connectivity index (χ2n) is 5.45. The molecule has 0 unspecified atom stereocenters. The molecule has 1 aromatic rings. The molecule has 1 N–H and O–H groups in total. The van der Waals surface area contributed by atoms with Crippen LogP contribution in [0.1, 0.15) is 39.0 Å². The van der Waals surface area contributed by atoms with E-state index in [4.69, 9.17) is 6.42 Å². The zero-order valence-electron chi connectivity index (χ0n) is 11.8. The van der Waals surface area contributed by atoms with Crippen molar-refractivity contribution in [2.75, 3.05) is 11.9 Å². The van der Waals surface area contributed by atoms with Crippen molar-refractivity contribution >= 4 is 21.6 Å². The summed E-state index contributed by atoms with van der Waals surface area (Å²) in [6.07, 6.45) is 13.2. The predicted molar refractivity (Wildman–Crippen MR) is 84.7 cm³/mol. The van der Waals surface area contributed by atoms with Crippen LogP contribution in [0.5, 0.6) is 0 Å². The van der Waals surface area contributed by atoms with Crippen LogP contribution in [-0.2, 0) is 6.54 Å². The number of hydrogen-bond donors (Lipinski definition) is 1. The molecule has 1 aromatic heterocycles. The van der Waals surface area contributed by atoms with Crippen molar-refractivity contribution in [1.82, 2.24) is 9.78 Å². The molecular formula is C15H20BrN3O. The third-order valence-corrected chi connectivity index (χ3v) is 5.06. The summed E-state index contributed by atoms with van der Waals surface area (Å²) in [5.41, 5.74) is 0.931. The highest BCUT2D eigenvalue weighted by Crippen LogP contribution is 2.41. The molecule has 1 aliphatic carbocycles. The molecule has 1 heterocycles. The second-order valence-corrected chi connectivity index (χ2v) is 6.25. The van der Waals surface area contributed by atoms with Crippen LogP contribution in [0.3, 0.4) is 0 Å². The fraction of sp³-hybridized carbons (Fsp3) is 0.600. The van der Waals surface area contributed by atoms with Crippen molar-refractivity contribution in [2.24, 2.45) is 5.41 Å². The highest BCUT2D eigenvalue weighted by molar-refractivity contribution is 9.10.